The number of nitrogens with zero attached hydrogens (tertiary/aromatic N) is 3. The van der Waals surface area contributed by atoms with Crippen molar-refractivity contribution in [3.05, 3.63) is 35.0 Å². The summed E-state index contributed by atoms with van der Waals surface area (Å²) in [6, 6.07) is 6.56. The lowest BCUT2D eigenvalue weighted by Crippen LogP contribution is -2.35. The Morgan fingerprint density at radius 3 is 2.13 bits per heavy atom. The molecule has 5 heteroatoms. The Balaban J connectivity index is 2.13. The molecule has 0 spiro atoms. The molecule has 1 N–H and O–H groups in total. The second kappa shape index (κ2) is 11.5. The minimum atomic E-state index is 0.208. The number of nitrogens with one attached hydrogen (secondary N) is 1. The van der Waals surface area contributed by atoms with Crippen LogP contribution in [0.1, 0.15) is 70.2 Å². The summed E-state index contributed by atoms with van der Waals surface area (Å²) in [7, 11) is 0. The van der Waals surface area contributed by atoms with Gasteiger partial charge in [-0.2, -0.15) is 4.98 Å². The van der Waals surface area contributed by atoms with Gasteiger partial charge in [0.1, 0.15) is 11.8 Å². The normalized spacial score (nSPS) is 14.6. The fraction of sp³-hybridized carbons (Fsp3) is 0.615. The maximum Gasteiger partial charge on any atom is 0.241 e. The van der Waals surface area contributed by atoms with Gasteiger partial charge >= 0.3 is 0 Å². The van der Waals surface area contributed by atoms with Crippen LogP contribution in [0.4, 0.5) is 5.69 Å². The zero-order valence-electron chi connectivity index (χ0n) is 20.1. The molecule has 1 aromatic carbocycles. The summed E-state index contributed by atoms with van der Waals surface area (Å²) in [5, 5.41) is 3.43. The van der Waals surface area contributed by atoms with E-state index in [1.54, 1.807) is 0 Å². The quantitative estimate of drug-likeness (QED) is 0.558. The van der Waals surface area contributed by atoms with Crippen LogP contribution >= 0.6 is 0 Å². The number of piperidine rings is 1. The minimum absolute atomic E-state index is 0.208. The molecule has 1 saturated heterocycles. The average molecular weight is 425 g/mol. The van der Waals surface area contributed by atoms with E-state index >= 15 is 0 Å². The van der Waals surface area contributed by atoms with Gasteiger partial charge in [-0.05, 0) is 69.7 Å². The van der Waals surface area contributed by atoms with Gasteiger partial charge in [0.15, 0.2) is 5.82 Å². The van der Waals surface area contributed by atoms with Crippen LogP contribution in [0.3, 0.4) is 0 Å². The van der Waals surface area contributed by atoms with E-state index in [-0.39, 0.29) is 6.10 Å². The van der Waals surface area contributed by atoms with Gasteiger partial charge in [-0.15, -0.1) is 0 Å². The molecule has 0 atom stereocenters. The van der Waals surface area contributed by atoms with Crippen molar-refractivity contribution in [3.8, 4) is 17.3 Å². The Morgan fingerprint density at radius 1 is 0.968 bits per heavy atom. The fourth-order valence-electron chi connectivity index (χ4n) is 4.57. The smallest absolute Gasteiger partial charge is 0.241 e. The molecule has 0 aliphatic carbocycles. The Kier molecular flexibility index (Phi) is 8.70. The number of aryl methyl sites for hydroxylation is 3. The second-order valence-corrected chi connectivity index (χ2v) is 8.50. The Hall–Kier alpha value is -2.14. The number of hydrogen-bond donors (Lipinski definition) is 1. The first-order valence-corrected chi connectivity index (χ1v) is 12.2. The first-order valence-electron chi connectivity index (χ1n) is 12.2. The van der Waals surface area contributed by atoms with E-state index < -0.39 is 0 Å². The topological polar surface area (TPSA) is 50.3 Å². The standard InChI is InChI=1S/C26H40N4O/c1-6-17-30(18-7-2)24-19(5)28-25(23-20(8-3)11-10-12-21(23)9-4)29-26(24)31-22-13-15-27-16-14-22/h10-12,22,27H,6-9,13-18H2,1-5H3. The molecule has 5 nitrogen and oxygen atoms in total. The first-order chi connectivity index (χ1) is 15.1. The summed E-state index contributed by atoms with van der Waals surface area (Å²) in [5.41, 5.74) is 5.90. The molecular formula is C26H40N4O. The highest BCUT2D eigenvalue weighted by atomic mass is 16.5. The number of aromatic nitrogens is 2. The van der Waals surface area contributed by atoms with Crippen LogP contribution in [0.15, 0.2) is 18.2 Å². The predicted octanol–water partition coefficient (Wildman–Crippen LogP) is 5.33. The summed E-state index contributed by atoms with van der Waals surface area (Å²) in [5.74, 6) is 1.58. The first kappa shape index (κ1) is 23.5. The van der Waals surface area contributed by atoms with Crippen LogP contribution < -0.4 is 15.0 Å². The fourth-order valence-corrected chi connectivity index (χ4v) is 4.57. The average Bonchev–Trinajstić information content (AvgIpc) is 2.79. The number of hydrogen-bond acceptors (Lipinski definition) is 5. The summed E-state index contributed by atoms with van der Waals surface area (Å²) < 4.78 is 6.62. The van der Waals surface area contributed by atoms with E-state index in [2.05, 4.69) is 63.0 Å². The van der Waals surface area contributed by atoms with Crippen LogP contribution in [0.2, 0.25) is 0 Å². The predicted molar refractivity (Wildman–Crippen MR) is 130 cm³/mol. The van der Waals surface area contributed by atoms with E-state index in [1.165, 1.54) is 16.7 Å². The third kappa shape index (κ3) is 5.57. The van der Waals surface area contributed by atoms with Crippen molar-refractivity contribution < 1.29 is 4.74 Å². The molecule has 1 aliphatic heterocycles. The molecule has 1 fully saturated rings. The Labute approximate surface area is 188 Å². The molecule has 1 aliphatic rings. The molecule has 2 heterocycles. The number of rotatable bonds is 10. The molecule has 0 amide bonds. The second-order valence-electron chi connectivity index (χ2n) is 8.50. The molecule has 31 heavy (non-hydrogen) atoms. The zero-order valence-corrected chi connectivity index (χ0v) is 20.1. The van der Waals surface area contributed by atoms with Gasteiger partial charge in [-0.25, -0.2) is 4.98 Å². The summed E-state index contributed by atoms with van der Waals surface area (Å²) in [6.45, 7) is 15.0. The summed E-state index contributed by atoms with van der Waals surface area (Å²) in [4.78, 5) is 12.6. The third-order valence-electron chi connectivity index (χ3n) is 6.12. The molecule has 0 unspecified atom stereocenters. The van der Waals surface area contributed by atoms with Crippen LogP contribution in [-0.2, 0) is 12.8 Å². The monoisotopic (exact) mass is 424 g/mol. The Morgan fingerprint density at radius 2 is 1.58 bits per heavy atom. The summed E-state index contributed by atoms with van der Waals surface area (Å²) >= 11 is 0. The van der Waals surface area contributed by atoms with Crippen molar-refractivity contribution in [2.75, 3.05) is 31.1 Å². The molecule has 0 radical (unpaired) electrons. The van der Waals surface area contributed by atoms with Crippen LogP contribution in [0, 0.1) is 6.92 Å². The lowest BCUT2D eigenvalue weighted by atomic mass is 9.97. The maximum absolute atomic E-state index is 6.62. The highest BCUT2D eigenvalue weighted by molar-refractivity contribution is 5.69. The highest BCUT2D eigenvalue weighted by Crippen LogP contribution is 2.36. The van der Waals surface area contributed by atoms with Gasteiger partial charge in [-0.3, -0.25) is 0 Å². The number of anilines is 1. The Bertz CT molecular complexity index is 817. The zero-order chi connectivity index (χ0) is 22.2. The molecule has 0 bridgehead atoms. The van der Waals surface area contributed by atoms with E-state index in [0.717, 1.165) is 87.8 Å². The van der Waals surface area contributed by atoms with Crippen molar-refractivity contribution in [3.63, 3.8) is 0 Å². The van der Waals surface area contributed by atoms with Gasteiger partial charge in [-0.1, -0.05) is 45.9 Å². The van der Waals surface area contributed by atoms with E-state index in [4.69, 9.17) is 14.7 Å². The van der Waals surface area contributed by atoms with E-state index in [0.29, 0.717) is 0 Å². The van der Waals surface area contributed by atoms with E-state index in [1.807, 2.05) is 0 Å². The lowest BCUT2D eigenvalue weighted by Gasteiger charge is -2.30. The van der Waals surface area contributed by atoms with Crippen molar-refractivity contribution in [1.29, 1.82) is 0 Å². The van der Waals surface area contributed by atoms with Crippen LogP contribution in [-0.4, -0.2) is 42.3 Å². The van der Waals surface area contributed by atoms with E-state index in [9.17, 15) is 0 Å². The highest BCUT2D eigenvalue weighted by Gasteiger charge is 2.24. The van der Waals surface area contributed by atoms with Gasteiger partial charge in [0.05, 0.1) is 5.69 Å². The third-order valence-corrected chi connectivity index (χ3v) is 6.12. The largest absolute Gasteiger partial charge is 0.473 e. The minimum Gasteiger partial charge on any atom is -0.473 e. The SMILES string of the molecule is CCCN(CCC)c1c(C)nc(-c2c(CC)cccc2CC)nc1OC1CCNCC1. The molecular weight excluding hydrogens is 384 g/mol. The number of ether oxygens (including phenoxy) is 1. The van der Waals surface area contributed by atoms with Gasteiger partial charge in [0.2, 0.25) is 5.88 Å². The van der Waals surface area contributed by atoms with Gasteiger partial charge in [0, 0.05) is 18.7 Å². The van der Waals surface area contributed by atoms with Crippen molar-refractivity contribution >= 4 is 5.69 Å². The molecule has 3 rings (SSSR count). The molecule has 2 aromatic rings. The van der Waals surface area contributed by atoms with Crippen molar-refractivity contribution in [2.24, 2.45) is 0 Å². The van der Waals surface area contributed by atoms with Crippen molar-refractivity contribution in [1.82, 2.24) is 15.3 Å². The maximum atomic E-state index is 6.62. The summed E-state index contributed by atoms with van der Waals surface area (Å²) in [6.07, 6.45) is 6.36. The van der Waals surface area contributed by atoms with Gasteiger partial charge in [0.25, 0.3) is 0 Å². The molecule has 0 saturated carbocycles. The van der Waals surface area contributed by atoms with Crippen LogP contribution in [0.25, 0.3) is 11.4 Å². The molecule has 1 aromatic heterocycles. The van der Waals surface area contributed by atoms with Crippen LogP contribution in [0.5, 0.6) is 5.88 Å². The molecule has 170 valence electrons. The van der Waals surface area contributed by atoms with Crippen molar-refractivity contribution in [2.45, 2.75) is 79.2 Å². The van der Waals surface area contributed by atoms with Gasteiger partial charge < -0.3 is 15.0 Å². The number of benzene rings is 1. The lowest BCUT2D eigenvalue weighted by molar-refractivity contribution is 0.156.